The van der Waals surface area contributed by atoms with Crippen molar-refractivity contribution in [1.29, 1.82) is 0 Å². The van der Waals surface area contributed by atoms with E-state index in [4.69, 9.17) is 18.9 Å². The minimum Gasteiger partial charge on any atom is -0.493 e. The van der Waals surface area contributed by atoms with Gasteiger partial charge < -0.3 is 18.9 Å². The topological polar surface area (TPSA) is 64.9 Å². The molecule has 0 atom stereocenters. The first-order valence-electron chi connectivity index (χ1n) is 6.33. The minimum absolute atomic E-state index is 0.542. The molecule has 20 heavy (non-hydrogen) atoms. The number of hydrogen-bond donors (Lipinski definition) is 0. The lowest BCUT2D eigenvalue weighted by molar-refractivity contribution is 0.0353. The third-order valence-electron chi connectivity index (χ3n) is 2.92. The van der Waals surface area contributed by atoms with E-state index in [1.807, 2.05) is 5.01 Å². The summed E-state index contributed by atoms with van der Waals surface area (Å²) >= 11 is 0. The average molecular weight is 281 g/mol. The number of nitrogens with zero attached hydrogens (tertiary/aromatic N) is 3. The van der Waals surface area contributed by atoms with Gasteiger partial charge in [-0.3, -0.25) is 5.01 Å². The Morgan fingerprint density at radius 1 is 1.00 bits per heavy atom. The second-order valence-electron chi connectivity index (χ2n) is 4.14. The molecule has 1 saturated heterocycles. The Bertz CT molecular complexity index is 448. The molecule has 1 aliphatic rings. The molecule has 1 heterocycles. The van der Waals surface area contributed by atoms with E-state index in [9.17, 15) is 0 Å². The van der Waals surface area contributed by atoms with E-state index in [0.717, 1.165) is 13.1 Å². The van der Waals surface area contributed by atoms with Crippen LogP contribution in [0.25, 0.3) is 0 Å². The molecule has 1 aromatic carbocycles. The van der Waals surface area contributed by atoms with E-state index >= 15 is 0 Å². The SMILES string of the molecule is COc1cc(N=NN2CCOCC2)cc(OC)c1OC. The predicted octanol–water partition coefficient (Wildman–Crippen LogP) is 2.04. The van der Waals surface area contributed by atoms with Crippen molar-refractivity contribution >= 4 is 5.69 Å². The minimum atomic E-state index is 0.542. The van der Waals surface area contributed by atoms with Crippen molar-refractivity contribution in [2.45, 2.75) is 0 Å². The average Bonchev–Trinajstić information content (AvgIpc) is 2.52. The van der Waals surface area contributed by atoms with Crippen LogP contribution in [-0.4, -0.2) is 52.6 Å². The summed E-state index contributed by atoms with van der Waals surface area (Å²) in [5.41, 5.74) is 0.644. The molecular weight excluding hydrogens is 262 g/mol. The maximum atomic E-state index is 5.27. The van der Waals surface area contributed by atoms with Gasteiger partial charge in [-0.2, -0.15) is 0 Å². The Morgan fingerprint density at radius 3 is 2.10 bits per heavy atom. The molecule has 0 aliphatic carbocycles. The number of rotatable bonds is 5. The van der Waals surface area contributed by atoms with Gasteiger partial charge in [0.25, 0.3) is 0 Å². The van der Waals surface area contributed by atoms with E-state index in [0.29, 0.717) is 36.1 Å². The fraction of sp³-hybridized carbons (Fsp3) is 0.538. The normalized spacial score (nSPS) is 15.4. The maximum Gasteiger partial charge on any atom is 0.203 e. The fourth-order valence-electron chi connectivity index (χ4n) is 1.88. The second kappa shape index (κ2) is 6.95. The first kappa shape index (κ1) is 14.4. The molecule has 7 heteroatoms. The summed E-state index contributed by atoms with van der Waals surface area (Å²) in [6.45, 7) is 2.84. The van der Waals surface area contributed by atoms with Gasteiger partial charge in [-0.15, -0.1) is 5.11 Å². The van der Waals surface area contributed by atoms with Crippen molar-refractivity contribution in [2.24, 2.45) is 10.3 Å². The van der Waals surface area contributed by atoms with Crippen molar-refractivity contribution in [3.63, 3.8) is 0 Å². The highest BCUT2D eigenvalue weighted by atomic mass is 16.5. The van der Waals surface area contributed by atoms with Gasteiger partial charge in [0.15, 0.2) is 11.5 Å². The summed E-state index contributed by atoms with van der Waals surface area (Å²) in [5, 5.41) is 10.3. The summed E-state index contributed by atoms with van der Waals surface area (Å²) in [6, 6.07) is 3.51. The molecule has 0 aromatic heterocycles. The second-order valence-corrected chi connectivity index (χ2v) is 4.14. The van der Waals surface area contributed by atoms with Crippen molar-refractivity contribution < 1.29 is 18.9 Å². The number of benzene rings is 1. The van der Waals surface area contributed by atoms with E-state index in [2.05, 4.69) is 10.3 Å². The zero-order valence-electron chi connectivity index (χ0n) is 12.0. The monoisotopic (exact) mass is 281 g/mol. The van der Waals surface area contributed by atoms with Crippen LogP contribution in [0.2, 0.25) is 0 Å². The van der Waals surface area contributed by atoms with Crippen LogP contribution in [0.3, 0.4) is 0 Å². The molecule has 0 saturated carbocycles. The van der Waals surface area contributed by atoms with Gasteiger partial charge in [-0.1, -0.05) is 5.22 Å². The van der Waals surface area contributed by atoms with Crippen LogP contribution in [-0.2, 0) is 4.74 Å². The number of hydrogen-bond acceptors (Lipinski definition) is 6. The highest BCUT2D eigenvalue weighted by Gasteiger charge is 2.13. The highest BCUT2D eigenvalue weighted by molar-refractivity contribution is 5.60. The third-order valence-corrected chi connectivity index (χ3v) is 2.92. The van der Waals surface area contributed by atoms with Crippen LogP contribution >= 0.6 is 0 Å². The molecule has 0 N–H and O–H groups in total. The highest BCUT2D eigenvalue weighted by Crippen LogP contribution is 2.40. The zero-order chi connectivity index (χ0) is 14.4. The molecule has 0 bridgehead atoms. The summed E-state index contributed by atoms with van der Waals surface area (Å²) in [6.07, 6.45) is 0. The summed E-state index contributed by atoms with van der Waals surface area (Å²) in [7, 11) is 4.70. The number of ether oxygens (including phenoxy) is 4. The lowest BCUT2D eigenvalue weighted by Crippen LogP contribution is -2.31. The Morgan fingerprint density at radius 2 is 1.60 bits per heavy atom. The molecule has 0 unspecified atom stereocenters. The summed E-state index contributed by atoms with van der Waals surface area (Å²) in [5.74, 6) is 1.66. The molecule has 2 rings (SSSR count). The van der Waals surface area contributed by atoms with Crippen LogP contribution in [0.1, 0.15) is 0 Å². The Labute approximate surface area is 118 Å². The van der Waals surface area contributed by atoms with Crippen LogP contribution in [0.5, 0.6) is 17.2 Å². The summed E-state index contributed by atoms with van der Waals surface area (Å²) in [4.78, 5) is 0. The first-order valence-corrected chi connectivity index (χ1v) is 6.33. The number of morpholine rings is 1. The molecule has 0 radical (unpaired) electrons. The van der Waals surface area contributed by atoms with Crippen LogP contribution in [0.4, 0.5) is 5.69 Å². The van der Waals surface area contributed by atoms with Gasteiger partial charge >= 0.3 is 0 Å². The van der Waals surface area contributed by atoms with E-state index in [1.165, 1.54) is 0 Å². The zero-order valence-corrected chi connectivity index (χ0v) is 12.0. The predicted molar refractivity (Wildman–Crippen MR) is 73.0 cm³/mol. The Hall–Kier alpha value is -2.02. The smallest absolute Gasteiger partial charge is 0.203 e. The molecule has 0 spiro atoms. The largest absolute Gasteiger partial charge is 0.493 e. The molecule has 0 amide bonds. The van der Waals surface area contributed by atoms with Gasteiger partial charge in [-0.05, 0) is 0 Å². The lowest BCUT2D eigenvalue weighted by Gasteiger charge is -2.22. The van der Waals surface area contributed by atoms with E-state index in [-0.39, 0.29) is 0 Å². The van der Waals surface area contributed by atoms with Crippen LogP contribution in [0.15, 0.2) is 22.5 Å². The van der Waals surface area contributed by atoms with E-state index < -0.39 is 0 Å². The van der Waals surface area contributed by atoms with Crippen molar-refractivity contribution in [1.82, 2.24) is 5.01 Å². The van der Waals surface area contributed by atoms with Gasteiger partial charge in [-0.25, -0.2) is 0 Å². The Balaban J connectivity index is 2.20. The van der Waals surface area contributed by atoms with Crippen molar-refractivity contribution in [3.05, 3.63) is 12.1 Å². The molecule has 1 fully saturated rings. The lowest BCUT2D eigenvalue weighted by atomic mass is 10.2. The standard InChI is InChI=1S/C13H19N3O4/c1-17-11-8-10(9-12(18-2)13(11)19-3)14-15-16-4-6-20-7-5-16/h8-9H,4-7H2,1-3H3. The van der Waals surface area contributed by atoms with Crippen molar-refractivity contribution in [3.8, 4) is 17.2 Å². The third kappa shape index (κ3) is 3.30. The summed E-state index contributed by atoms with van der Waals surface area (Å²) < 4.78 is 21.1. The van der Waals surface area contributed by atoms with Gasteiger partial charge in [0.05, 0.1) is 53.3 Å². The van der Waals surface area contributed by atoms with Gasteiger partial charge in [0.2, 0.25) is 5.75 Å². The molecule has 110 valence electrons. The Kier molecular flexibility index (Phi) is 5.00. The molecule has 1 aliphatic heterocycles. The van der Waals surface area contributed by atoms with Crippen LogP contribution < -0.4 is 14.2 Å². The molecule has 7 nitrogen and oxygen atoms in total. The van der Waals surface area contributed by atoms with Crippen molar-refractivity contribution in [2.75, 3.05) is 47.6 Å². The maximum absolute atomic E-state index is 5.27. The van der Waals surface area contributed by atoms with Gasteiger partial charge in [0.1, 0.15) is 0 Å². The number of methoxy groups -OCH3 is 3. The van der Waals surface area contributed by atoms with E-state index in [1.54, 1.807) is 33.5 Å². The molecular formula is C13H19N3O4. The fourth-order valence-corrected chi connectivity index (χ4v) is 1.88. The molecule has 1 aromatic rings. The van der Waals surface area contributed by atoms with Gasteiger partial charge in [0, 0.05) is 12.1 Å². The first-order chi connectivity index (χ1) is 9.78. The quantitative estimate of drug-likeness (QED) is 0.773. The van der Waals surface area contributed by atoms with Crippen LogP contribution in [0, 0.1) is 0 Å².